The highest BCUT2D eigenvalue weighted by Gasteiger charge is 2.33. The summed E-state index contributed by atoms with van der Waals surface area (Å²) in [4.78, 5) is 14.7. The van der Waals surface area contributed by atoms with Crippen LogP contribution in [-0.4, -0.2) is 20.6 Å². The van der Waals surface area contributed by atoms with Crippen molar-refractivity contribution >= 4 is 17.0 Å². The number of alkyl halides is 3. The van der Waals surface area contributed by atoms with Crippen LogP contribution in [-0.2, 0) is 23.9 Å². The van der Waals surface area contributed by atoms with Crippen molar-refractivity contribution < 1.29 is 27.5 Å². The summed E-state index contributed by atoms with van der Waals surface area (Å²) in [6, 6.07) is 9.14. The Morgan fingerprint density at radius 2 is 1.92 bits per heavy atom. The molecule has 2 heterocycles. The van der Waals surface area contributed by atoms with Crippen molar-refractivity contribution in [2.24, 2.45) is 0 Å². The van der Waals surface area contributed by atoms with Gasteiger partial charge in [-0.2, -0.15) is 13.2 Å². The number of pyridine rings is 1. The maximum Gasteiger partial charge on any atom is 0.433 e. The highest BCUT2D eigenvalue weighted by Crippen LogP contribution is 2.30. The van der Waals surface area contributed by atoms with Crippen molar-refractivity contribution in [3.63, 3.8) is 0 Å². The summed E-state index contributed by atoms with van der Waals surface area (Å²) < 4.78 is 53.5. The molecule has 3 aromatic rings. The maximum atomic E-state index is 13.4. The lowest BCUT2D eigenvalue weighted by Crippen LogP contribution is -2.12. The van der Waals surface area contributed by atoms with Crippen LogP contribution < -0.4 is 0 Å². The van der Waals surface area contributed by atoms with Crippen LogP contribution in [0.5, 0.6) is 0 Å². The molecule has 0 saturated carbocycles. The number of benzene rings is 1. The van der Waals surface area contributed by atoms with E-state index in [0.29, 0.717) is 16.6 Å². The van der Waals surface area contributed by atoms with E-state index in [4.69, 9.17) is 5.11 Å². The van der Waals surface area contributed by atoms with Gasteiger partial charge in [0.2, 0.25) is 0 Å². The maximum absolute atomic E-state index is 13.4. The molecule has 0 amide bonds. The summed E-state index contributed by atoms with van der Waals surface area (Å²) in [5, 5.41) is 9.43. The standard InChI is InChI=1S/C17H12F4N2O2/c18-12-3-1-2-10(6-12)9-23-13(8-15(24)25)7-11-4-5-14(17(19,20)21)22-16(11)23/h1-7H,8-9H2,(H,24,25). The number of aliphatic carboxylic acids is 1. The smallest absolute Gasteiger partial charge is 0.433 e. The third kappa shape index (κ3) is 3.62. The lowest BCUT2D eigenvalue weighted by atomic mass is 10.2. The third-order valence-electron chi connectivity index (χ3n) is 3.68. The quantitative estimate of drug-likeness (QED) is 0.725. The monoisotopic (exact) mass is 352 g/mol. The number of hydrogen-bond acceptors (Lipinski definition) is 2. The van der Waals surface area contributed by atoms with Crippen LogP contribution in [0, 0.1) is 5.82 Å². The number of carboxylic acids is 1. The first-order chi connectivity index (χ1) is 11.7. The van der Waals surface area contributed by atoms with Gasteiger partial charge in [-0.25, -0.2) is 9.37 Å². The largest absolute Gasteiger partial charge is 0.481 e. The van der Waals surface area contributed by atoms with Crippen LogP contribution in [0.1, 0.15) is 17.0 Å². The Bertz CT molecular complexity index is 947. The van der Waals surface area contributed by atoms with Crippen LogP contribution in [0.25, 0.3) is 11.0 Å². The average molecular weight is 352 g/mol. The molecule has 0 saturated heterocycles. The van der Waals surface area contributed by atoms with Crippen molar-refractivity contribution in [1.29, 1.82) is 0 Å². The molecule has 0 fully saturated rings. The summed E-state index contributed by atoms with van der Waals surface area (Å²) in [5.74, 6) is -1.61. The molecule has 2 aromatic heterocycles. The summed E-state index contributed by atoms with van der Waals surface area (Å²) in [7, 11) is 0. The Kier molecular flexibility index (Phi) is 4.20. The van der Waals surface area contributed by atoms with E-state index >= 15 is 0 Å². The first-order valence-electron chi connectivity index (χ1n) is 7.26. The van der Waals surface area contributed by atoms with E-state index in [1.807, 2.05) is 0 Å². The molecule has 0 spiro atoms. The lowest BCUT2D eigenvalue weighted by Gasteiger charge is -2.11. The zero-order chi connectivity index (χ0) is 18.2. The number of aromatic nitrogens is 2. The van der Waals surface area contributed by atoms with Crippen LogP contribution >= 0.6 is 0 Å². The molecule has 0 aliphatic heterocycles. The van der Waals surface area contributed by atoms with Crippen molar-refractivity contribution in [1.82, 2.24) is 9.55 Å². The summed E-state index contributed by atoms with van der Waals surface area (Å²) >= 11 is 0. The van der Waals surface area contributed by atoms with Gasteiger partial charge in [-0.05, 0) is 35.9 Å². The molecule has 0 radical (unpaired) electrons. The fraction of sp³-hybridized carbons (Fsp3) is 0.176. The van der Waals surface area contributed by atoms with Crippen molar-refractivity contribution in [3.05, 3.63) is 65.2 Å². The van der Waals surface area contributed by atoms with Gasteiger partial charge in [0.05, 0.1) is 6.42 Å². The van der Waals surface area contributed by atoms with Crippen LogP contribution in [0.15, 0.2) is 42.5 Å². The Morgan fingerprint density at radius 1 is 1.16 bits per heavy atom. The van der Waals surface area contributed by atoms with E-state index in [9.17, 15) is 22.4 Å². The normalized spacial score (nSPS) is 11.8. The molecule has 1 aromatic carbocycles. The first-order valence-corrected chi connectivity index (χ1v) is 7.26. The number of fused-ring (bicyclic) bond motifs is 1. The van der Waals surface area contributed by atoms with Gasteiger partial charge < -0.3 is 9.67 Å². The Balaban J connectivity index is 2.15. The van der Waals surface area contributed by atoms with E-state index in [0.717, 1.165) is 6.07 Å². The minimum absolute atomic E-state index is 0.00957. The molecule has 3 rings (SSSR count). The fourth-order valence-electron chi connectivity index (χ4n) is 2.64. The van der Waals surface area contributed by atoms with E-state index in [2.05, 4.69) is 4.98 Å². The molecule has 0 bridgehead atoms. The van der Waals surface area contributed by atoms with Crippen LogP contribution in [0.2, 0.25) is 0 Å². The van der Waals surface area contributed by atoms with Gasteiger partial charge in [0.1, 0.15) is 17.2 Å². The minimum Gasteiger partial charge on any atom is -0.481 e. The number of rotatable bonds is 4. The molecule has 4 nitrogen and oxygen atoms in total. The zero-order valence-corrected chi connectivity index (χ0v) is 12.7. The molecule has 0 atom stereocenters. The predicted octanol–water partition coefficient (Wildman–Crippen LogP) is 3.87. The average Bonchev–Trinajstić information content (AvgIpc) is 2.82. The van der Waals surface area contributed by atoms with E-state index in [1.165, 1.54) is 34.9 Å². The van der Waals surface area contributed by atoms with Gasteiger partial charge in [0.25, 0.3) is 0 Å². The van der Waals surface area contributed by atoms with Gasteiger partial charge in [0.15, 0.2) is 0 Å². The summed E-state index contributed by atoms with van der Waals surface area (Å²) in [6.07, 6.45) is -5.00. The number of carboxylic acid groups (broad SMARTS) is 1. The van der Waals surface area contributed by atoms with Gasteiger partial charge in [-0.3, -0.25) is 4.79 Å². The molecule has 0 unspecified atom stereocenters. The lowest BCUT2D eigenvalue weighted by molar-refractivity contribution is -0.141. The third-order valence-corrected chi connectivity index (χ3v) is 3.68. The molecule has 1 N–H and O–H groups in total. The zero-order valence-electron chi connectivity index (χ0n) is 12.7. The Morgan fingerprint density at radius 3 is 2.56 bits per heavy atom. The first kappa shape index (κ1) is 16.9. The molecule has 0 aliphatic carbocycles. The molecule has 130 valence electrons. The highest BCUT2D eigenvalue weighted by atomic mass is 19.4. The minimum atomic E-state index is -4.62. The Labute approximate surface area is 139 Å². The number of carbonyl (C=O) groups is 1. The second-order valence-electron chi connectivity index (χ2n) is 5.53. The fourth-order valence-corrected chi connectivity index (χ4v) is 2.64. The number of hydrogen-bond donors (Lipinski definition) is 1. The topological polar surface area (TPSA) is 55.1 Å². The molecular formula is C17H12F4N2O2. The second kappa shape index (κ2) is 6.19. The molecule has 25 heavy (non-hydrogen) atoms. The number of halogens is 4. The van der Waals surface area contributed by atoms with Crippen molar-refractivity contribution in [2.45, 2.75) is 19.1 Å². The number of nitrogens with zero attached hydrogens (tertiary/aromatic N) is 2. The van der Waals surface area contributed by atoms with Gasteiger partial charge >= 0.3 is 12.1 Å². The van der Waals surface area contributed by atoms with Gasteiger partial charge in [0, 0.05) is 17.6 Å². The van der Waals surface area contributed by atoms with Crippen LogP contribution in [0.3, 0.4) is 0 Å². The summed E-state index contributed by atoms with van der Waals surface area (Å²) in [6.45, 7) is 0.0121. The van der Waals surface area contributed by atoms with Crippen molar-refractivity contribution in [3.8, 4) is 0 Å². The van der Waals surface area contributed by atoms with Crippen LogP contribution in [0.4, 0.5) is 17.6 Å². The second-order valence-corrected chi connectivity index (χ2v) is 5.53. The van der Waals surface area contributed by atoms with Crippen molar-refractivity contribution in [2.75, 3.05) is 0 Å². The molecule has 0 aliphatic rings. The van der Waals surface area contributed by atoms with Gasteiger partial charge in [-0.1, -0.05) is 12.1 Å². The Hall–Kier alpha value is -2.90. The van der Waals surface area contributed by atoms with E-state index in [1.54, 1.807) is 6.07 Å². The predicted molar refractivity (Wildman–Crippen MR) is 81.6 cm³/mol. The molecule has 8 heteroatoms. The SMILES string of the molecule is O=C(O)Cc1cc2ccc(C(F)(F)F)nc2n1Cc1cccc(F)c1. The van der Waals surface area contributed by atoms with E-state index in [-0.39, 0.29) is 18.6 Å². The van der Waals surface area contributed by atoms with E-state index < -0.39 is 23.7 Å². The van der Waals surface area contributed by atoms with Gasteiger partial charge in [-0.15, -0.1) is 0 Å². The summed E-state index contributed by atoms with van der Waals surface area (Å²) in [5.41, 5.74) is -0.280. The molecular weight excluding hydrogens is 340 g/mol. The highest BCUT2D eigenvalue weighted by molar-refractivity contribution is 5.80.